The van der Waals surface area contributed by atoms with Crippen molar-refractivity contribution < 1.29 is 12.8 Å². The zero-order valence-corrected chi connectivity index (χ0v) is 15.1. The Morgan fingerprint density at radius 2 is 1.71 bits per heavy atom. The molecule has 0 heterocycles. The highest BCUT2D eigenvalue weighted by molar-refractivity contribution is 7.88. The van der Waals surface area contributed by atoms with Gasteiger partial charge in [-0.3, -0.25) is 0 Å². The lowest BCUT2D eigenvalue weighted by molar-refractivity contribution is 0.462. The molecule has 2 aromatic rings. The zero-order valence-electron chi connectivity index (χ0n) is 14.3. The average molecular weight is 349 g/mol. The SMILES string of the molecule is CCc1ccc(C(NS(=O)(=O)Cc2cccc(F)c2)C(C)C)cc1. The highest BCUT2D eigenvalue weighted by Crippen LogP contribution is 2.24. The van der Waals surface area contributed by atoms with Crippen molar-refractivity contribution in [2.24, 2.45) is 5.92 Å². The van der Waals surface area contributed by atoms with Crippen molar-refractivity contribution in [3.63, 3.8) is 0 Å². The Bertz CT molecular complexity index is 770. The Balaban J connectivity index is 2.19. The molecule has 0 aliphatic rings. The third-order valence-corrected chi connectivity index (χ3v) is 5.29. The number of benzene rings is 2. The molecule has 1 N–H and O–H groups in total. The van der Waals surface area contributed by atoms with Crippen molar-refractivity contribution in [3.05, 3.63) is 71.0 Å². The van der Waals surface area contributed by atoms with E-state index in [9.17, 15) is 12.8 Å². The van der Waals surface area contributed by atoms with E-state index in [0.29, 0.717) is 5.56 Å². The van der Waals surface area contributed by atoms with Crippen LogP contribution in [0, 0.1) is 11.7 Å². The van der Waals surface area contributed by atoms with Gasteiger partial charge in [0.2, 0.25) is 10.0 Å². The highest BCUT2D eigenvalue weighted by atomic mass is 32.2. The van der Waals surface area contributed by atoms with E-state index in [1.54, 1.807) is 6.07 Å². The van der Waals surface area contributed by atoms with E-state index in [0.717, 1.165) is 12.0 Å². The van der Waals surface area contributed by atoms with Gasteiger partial charge in [0, 0.05) is 6.04 Å². The Hall–Kier alpha value is -1.72. The van der Waals surface area contributed by atoms with Crippen LogP contribution in [0.3, 0.4) is 0 Å². The van der Waals surface area contributed by atoms with Crippen molar-refractivity contribution in [2.45, 2.75) is 39.0 Å². The average Bonchev–Trinajstić information content (AvgIpc) is 2.52. The van der Waals surface area contributed by atoms with Crippen molar-refractivity contribution in [1.29, 1.82) is 0 Å². The first-order valence-electron chi connectivity index (χ1n) is 8.14. The molecule has 0 fully saturated rings. The molecule has 0 radical (unpaired) electrons. The molecule has 2 rings (SSSR count). The van der Waals surface area contributed by atoms with E-state index < -0.39 is 15.8 Å². The normalized spacial score (nSPS) is 13.2. The van der Waals surface area contributed by atoms with Crippen LogP contribution in [0.25, 0.3) is 0 Å². The lowest BCUT2D eigenvalue weighted by atomic mass is 9.96. The van der Waals surface area contributed by atoms with Crippen LogP contribution in [0.2, 0.25) is 0 Å². The molecular weight excluding hydrogens is 325 g/mol. The predicted octanol–water partition coefficient (Wildman–Crippen LogP) is 4.20. The van der Waals surface area contributed by atoms with Gasteiger partial charge in [-0.05, 0) is 41.2 Å². The Morgan fingerprint density at radius 1 is 1.04 bits per heavy atom. The second-order valence-electron chi connectivity index (χ2n) is 6.32. The van der Waals surface area contributed by atoms with Crippen molar-refractivity contribution >= 4 is 10.0 Å². The fourth-order valence-corrected chi connectivity index (χ4v) is 4.13. The first-order chi connectivity index (χ1) is 11.3. The molecule has 0 bridgehead atoms. The molecule has 1 unspecified atom stereocenters. The van der Waals surface area contributed by atoms with Gasteiger partial charge in [0.1, 0.15) is 5.82 Å². The lowest BCUT2D eigenvalue weighted by Crippen LogP contribution is -2.32. The summed E-state index contributed by atoms with van der Waals surface area (Å²) < 4.78 is 41.0. The van der Waals surface area contributed by atoms with E-state index in [2.05, 4.69) is 11.6 Å². The number of hydrogen-bond donors (Lipinski definition) is 1. The highest BCUT2D eigenvalue weighted by Gasteiger charge is 2.22. The molecule has 3 nitrogen and oxygen atoms in total. The van der Waals surface area contributed by atoms with E-state index in [1.165, 1.54) is 23.8 Å². The summed E-state index contributed by atoms with van der Waals surface area (Å²) in [5.41, 5.74) is 2.58. The number of nitrogens with one attached hydrogen (secondary N) is 1. The molecule has 0 aromatic heterocycles. The van der Waals surface area contributed by atoms with Crippen LogP contribution in [0.5, 0.6) is 0 Å². The van der Waals surface area contributed by atoms with E-state index >= 15 is 0 Å². The minimum absolute atomic E-state index is 0.0970. The number of hydrogen-bond acceptors (Lipinski definition) is 2. The molecule has 0 aliphatic carbocycles. The molecule has 2 aromatic carbocycles. The van der Waals surface area contributed by atoms with Gasteiger partial charge in [0.05, 0.1) is 5.75 Å². The second kappa shape index (κ2) is 7.90. The fraction of sp³-hybridized carbons (Fsp3) is 0.368. The molecule has 130 valence electrons. The molecule has 1 atom stereocenters. The summed E-state index contributed by atoms with van der Waals surface area (Å²) in [7, 11) is -3.58. The molecule has 0 amide bonds. The number of halogens is 1. The first kappa shape index (κ1) is 18.6. The van der Waals surface area contributed by atoms with Crippen LogP contribution >= 0.6 is 0 Å². The maximum absolute atomic E-state index is 13.3. The van der Waals surface area contributed by atoms with Crippen LogP contribution in [0.1, 0.15) is 43.5 Å². The summed E-state index contributed by atoms with van der Waals surface area (Å²) in [6.45, 7) is 6.03. The lowest BCUT2D eigenvalue weighted by Gasteiger charge is -2.23. The van der Waals surface area contributed by atoms with Crippen molar-refractivity contribution in [3.8, 4) is 0 Å². The zero-order chi connectivity index (χ0) is 17.7. The fourth-order valence-electron chi connectivity index (χ4n) is 2.63. The smallest absolute Gasteiger partial charge is 0.212 e. The van der Waals surface area contributed by atoms with E-state index in [1.807, 2.05) is 38.1 Å². The standard InChI is InChI=1S/C19H24FNO2S/c1-4-15-8-10-17(11-9-15)19(14(2)3)21-24(22,23)13-16-6-5-7-18(20)12-16/h5-12,14,19,21H,4,13H2,1-3H3. The number of sulfonamides is 1. The van der Waals surface area contributed by atoms with Gasteiger partial charge in [-0.25, -0.2) is 17.5 Å². The van der Waals surface area contributed by atoms with Crippen LogP contribution < -0.4 is 4.72 Å². The molecule has 0 spiro atoms. The number of rotatable bonds is 7. The Morgan fingerprint density at radius 3 is 2.25 bits per heavy atom. The molecular formula is C19H24FNO2S. The minimum atomic E-state index is -3.58. The summed E-state index contributed by atoms with van der Waals surface area (Å²) in [4.78, 5) is 0. The maximum atomic E-state index is 13.3. The van der Waals surface area contributed by atoms with Gasteiger partial charge in [-0.2, -0.15) is 0 Å². The van der Waals surface area contributed by atoms with E-state index in [4.69, 9.17) is 0 Å². The summed E-state index contributed by atoms with van der Waals surface area (Å²) in [5, 5.41) is 0. The summed E-state index contributed by atoms with van der Waals surface area (Å²) in [6, 6.07) is 13.3. The van der Waals surface area contributed by atoms with Gasteiger partial charge in [0.25, 0.3) is 0 Å². The van der Waals surface area contributed by atoms with Crippen LogP contribution in [0.4, 0.5) is 4.39 Å². The van der Waals surface area contributed by atoms with Crippen molar-refractivity contribution in [1.82, 2.24) is 4.72 Å². The largest absolute Gasteiger partial charge is 0.216 e. The predicted molar refractivity (Wildman–Crippen MR) is 95.6 cm³/mol. The van der Waals surface area contributed by atoms with Gasteiger partial charge >= 0.3 is 0 Å². The summed E-state index contributed by atoms with van der Waals surface area (Å²) in [6.07, 6.45) is 0.942. The second-order valence-corrected chi connectivity index (χ2v) is 8.08. The van der Waals surface area contributed by atoms with Gasteiger partial charge in [-0.15, -0.1) is 0 Å². The van der Waals surface area contributed by atoms with Gasteiger partial charge in [0.15, 0.2) is 0 Å². The maximum Gasteiger partial charge on any atom is 0.216 e. The van der Waals surface area contributed by atoms with Crippen LogP contribution in [0.15, 0.2) is 48.5 Å². The quantitative estimate of drug-likeness (QED) is 0.814. The third-order valence-electron chi connectivity index (χ3n) is 3.97. The Kier molecular flexibility index (Phi) is 6.13. The monoisotopic (exact) mass is 349 g/mol. The topological polar surface area (TPSA) is 46.2 Å². The Labute approximate surface area is 144 Å². The summed E-state index contributed by atoms with van der Waals surface area (Å²) >= 11 is 0. The molecule has 0 saturated carbocycles. The molecule has 0 aliphatic heterocycles. The number of aryl methyl sites for hydroxylation is 1. The molecule has 24 heavy (non-hydrogen) atoms. The van der Waals surface area contributed by atoms with Crippen LogP contribution in [-0.4, -0.2) is 8.42 Å². The van der Waals surface area contributed by atoms with Crippen molar-refractivity contribution in [2.75, 3.05) is 0 Å². The third kappa shape index (κ3) is 5.14. The van der Waals surface area contributed by atoms with Gasteiger partial charge in [-0.1, -0.05) is 57.2 Å². The first-order valence-corrected chi connectivity index (χ1v) is 9.79. The van der Waals surface area contributed by atoms with Gasteiger partial charge < -0.3 is 0 Å². The summed E-state index contributed by atoms with van der Waals surface area (Å²) in [5.74, 6) is -0.570. The minimum Gasteiger partial charge on any atom is -0.212 e. The molecule has 5 heteroatoms. The van der Waals surface area contributed by atoms with Crippen LogP contribution in [-0.2, 0) is 22.2 Å². The van der Waals surface area contributed by atoms with E-state index in [-0.39, 0.29) is 17.7 Å². The molecule has 0 saturated heterocycles.